The Balaban J connectivity index is 2.98. The van der Waals surface area contributed by atoms with Crippen molar-refractivity contribution >= 4 is 5.91 Å². The summed E-state index contributed by atoms with van der Waals surface area (Å²) in [6, 6.07) is 3.88. The summed E-state index contributed by atoms with van der Waals surface area (Å²) in [5, 5.41) is 0. The van der Waals surface area contributed by atoms with Crippen LogP contribution in [-0.4, -0.2) is 23.9 Å². The van der Waals surface area contributed by atoms with Gasteiger partial charge in [-0.15, -0.1) is 5.43 Å². The van der Waals surface area contributed by atoms with Crippen molar-refractivity contribution < 1.29 is 40.2 Å². The van der Waals surface area contributed by atoms with Gasteiger partial charge in [-0.3, -0.25) is 4.79 Å². The summed E-state index contributed by atoms with van der Waals surface area (Å²) in [4.78, 5) is 10.9. The third kappa shape index (κ3) is 2.76. The molecule has 0 saturated heterocycles. The van der Waals surface area contributed by atoms with Crippen molar-refractivity contribution in [3.05, 3.63) is 30.6 Å². The summed E-state index contributed by atoms with van der Waals surface area (Å²) in [5.74, 6) is -15.2. The van der Waals surface area contributed by atoms with Gasteiger partial charge in [-0.1, -0.05) is 10.7 Å². The zero-order chi connectivity index (χ0) is 14.9. The van der Waals surface area contributed by atoms with E-state index in [9.17, 15) is 35.5 Å². The second-order valence-electron chi connectivity index (χ2n) is 3.37. The van der Waals surface area contributed by atoms with E-state index < -0.39 is 23.9 Å². The molecule has 0 aliphatic heterocycles. The number of alkyl halides is 7. The summed E-state index contributed by atoms with van der Waals surface area (Å²) in [6.07, 6.45) is -4.60. The van der Waals surface area contributed by atoms with E-state index in [0.29, 0.717) is 4.68 Å². The van der Waals surface area contributed by atoms with Crippen molar-refractivity contribution in [2.75, 3.05) is 5.43 Å². The van der Waals surface area contributed by atoms with Crippen LogP contribution >= 0.6 is 0 Å². The molecule has 0 unspecified atom stereocenters. The molecule has 0 saturated carbocycles. The fourth-order valence-electron chi connectivity index (χ4n) is 0.981. The van der Waals surface area contributed by atoms with Crippen LogP contribution in [0.5, 0.6) is 0 Å². The first kappa shape index (κ1) is 15.2. The number of nitrogens with one attached hydrogen (secondary N) is 1. The fraction of sp³-hybridized carbons (Fsp3) is 0.333. The Morgan fingerprint density at radius 1 is 0.895 bits per heavy atom. The Morgan fingerprint density at radius 3 is 1.79 bits per heavy atom. The first-order chi connectivity index (χ1) is 8.50. The molecule has 0 spiro atoms. The van der Waals surface area contributed by atoms with E-state index in [0.717, 1.165) is 12.4 Å². The van der Waals surface area contributed by atoms with Gasteiger partial charge in [-0.2, -0.15) is 30.7 Å². The largest absolute Gasteiger partial charge is 0.460 e. The predicted octanol–water partition coefficient (Wildman–Crippen LogP) is 1.88. The Morgan fingerprint density at radius 2 is 1.37 bits per heavy atom. The number of carbonyl (C=O) groups excluding carboxylic acids is 1. The van der Waals surface area contributed by atoms with Crippen LogP contribution in [-0.2, 0) is 4.79 Å². The van der Waals surface area contributed by atoms with Crippen LogP contribution in [0.25, 0.3) is 0 Å². The lowest BCUT2D eigenvalue weighted by Crippen LogP contribution is -2.62. The highest BCUT2D eigenvalue weighted by Gasteiger charge is 2.77. The van der Waals surface area contributed by atoms with E-state index in [1.807, 2.05) is 0 Å². The third-order valence-corrected chi connectivity index (χ3v) is 1.98. The number of pyridine rings is 1. The molecule has 0 radical (unpaired) electrons. The molecule has 1 aromatic heterocycles. The lowest BCUT2D eigenvalue weighted by molar-refractivity contribution is -0.643. The van der Waals surface area contributed by atoms with Crippen LogP contribution in [0.2, 0.25) is 0 Å². The van der Waals surface area contributed by atoms with E-state index in [1.165, 1.54) is 23.6 Å². The predicted molar refractivity (Wildman–Crippen MR) is 47.0 cm³/mol. The first-order valence-corrected chi connectivity index (χ1v) is 4.60. The lowest BCUT2D eigenvalue weighted by atomic mass is 10.1. The van der Waals surface area contributed by atoms with E-state index in [2.05, 4.69) is 0 Å². The Labute approximate surface area is 101 Å². The van der Waals surface area contributed by atoms with Gasteiger partial charge in [-0.25, -0.2) is 0 Å². The van der Waals surface area contributed by atoms with E-state index >= 15 is 0 Å². The maximum atomic E-state index is 12.9. The highest BCUT2D eigenvalue weighted by atomic mass is 19.4. The summed E-state index contributed by atoms with van der Waals surface area (Å²) in [7, 11) is 0. The number of rotatable bonds is 3. The summed E-state index contributed by atoms with van der Waals surface area (Å²) in [5.41, 5.74) is 1.21. The van der Waals surface area contributed by atoms with Crippen LogP contribution in [0.1, 0.15) is 0 Å². The van der Waals surface area contributed by atoms with Gasteiger partial charge in [0, 0.05) is 12.1 Å². The van der Waals surface area contributed by atoms with Crippen LogP contribution < -0.4 is 10.1 Å². The Bertz CT molecular complexity index is 457. The number of halogens is 7. The van der Waals surface area contributed by atoms with Crippen molar-refractivity contribution in [2.45, 2.75) is 18.0 Å². The molecule has 3 nitrogen and oxygen atoms in total. The maximum Gasteiger partial charge on any atom is 0.460 e. The average molecular weight is 291 g/mol. The number of nitrogens with zero attached hydrogens (tertiary/aromatic N) is 1. The molecule has 106 valence electrons. The van der Waals surface area contributed by atoms with Gasteiger partial charge >= 0.3 is 23.9 Å². The van der Waals surface area contributed by atoms with Gasteiger partial charge in [0.25, 0.3) is 0 Å². The molecular weight excluding hydrogens is 285 g/mol. The zero-order valence-corrected chi connectivity index (χ0v) is 8.89. The fourth-order valence-corrected chi connectivity index (χ4v) is 0.981. The van der Waals surface area contributed by atoms with Crippen LogP contribution in [0, 0.1) is 0 Å². The molecule has 19 heavy (non-hydrogen) atoms. The second-order valence-corrected chi connectivity index (χ2v) is 3.37. The molecule has 0 fully saturated rings. The molecule has 1 aromatic rings. The van der Waals surface area contributed by atoms with Crippen LogP contribution in [0.3, 0.4) is 0 Å². The summed E-state index contributed by atoms with van der Waals surface area (Å²) >= 11 is 0. The van der Waals surface area contributed by atoms with Gasteiger partial charge in [0.2, 0.25) is 0 Å². The third-order valence-electron chi connectivity index (χ3n) is 1.98. The number of hydrogen-bond donors (Lipinski definition) is 1. The molecular formula is C9H6F7N2O+. The molecule has 1 heterocycles. The lowest BCUT2D eigenvalue weighted by Gasteiger charge is -2.25. The van der Waals surface area contributed by atoms with Crippen LogP contribution in [0.15, 0.2) is 30.6 Å². The minimum absolute atomic E-state index is 0.517. The standard InChI is InChI=1S/C9H5F7N2O/c10-7(11,8(12,13)9(14,15)16)6(19)17-18-4-2-1-3-5-18/h1-5H/p+1. The van der Waals surface area contributed by atoms with E-state index in [1.54, 1.807) is 0 Å². The number of carbonyl (C=O) groups is 1. The first-order valence-electron chi connectivity index (χ1n) is 4.60. The van der Waals surface area contributed by atoms with Crippen molar-refractivity contribution in [3.8, 4) is 0 Å². The van der Waals surface area contributed by atoms with Crippen molar-refractivity contribution in [1.29, 1.82) is 0 Å². The Hall–Kier alpha value is -1.87. The van der Waals surface area contributed by atoms with Crippen molar-refractivity contribution in [3.63, 3.8) is 0 Å². The molecule has 0 atom stereocenters. The molecule has 1 amide bonds. The van der Waals surface area contributed by atoms with Gasteiger partial charge in [0.05, 0.1) is 0 Å². The molecule has 0 bridgehead atoms. The highest BCUT2D eigenvalue weighted by Crippen LogP contribution is 2.46. The van der Waals surface area contributed by atoms with Gasteiger partial charge in [0.15, 0.2) is 12.4 Å². The summed E-state index contributed by atoms with van der Waals surface area (Å²) in [6.45, 7) is 0. The molecule has 1 N–H and O–H groups in total. The van der Waals surface area contributed by atoms with Gasteiger partial charge < -0.3 is 0 Å². The second kappa shape index (κ2) is 4.67. The number of aromatic nitrogens is 1. The maximum absolute atomic E-state index is 12.9. The van der Waals surface area contributed by atoms with Crippen molar-refractivity contribution in [2.24, 2.45) is 0 Å². The minimum Gasteiger partial charge on any atom is -0.262 e. The number of hydrogen-bond acceptors (Lipinski definition) is 1. The van der Waals surface area contributed by atoms with E-state index in [4.69, 9.17) is 0 Å². The molecule has 0 aliphatic rings. The highest BCUT2D eigenvalue weighted by molar-refractivity contribution is 5.90. The summed E-state index contributed by atoms with van der Waals surface area (Å²) < 4.78 is 86.7. The molecule has 10 heteroatoms. The average Bonchev–Trinajstić information content (AvgIpc) is 2.28. The molecule has 1 rings (SSSR count). The van der Waals surface area contributed by atoms with Crippen LogP contribution in [0.4, 0.5) is 30.7 Å². The zero-order valence-electron chi connectivity index (χ0n) is 8.89. The number of amides is 1. The van der Waals surface area contributed by atoms with Gasteiger partial charge in [0.1, 0.15) is 0 Å². The van der Waals surface area contributed by atoms with Crippen molar-refractivity contribution in [1.82, 2.24) is 0 Å². The SMILES string of the molecule is O=C(N[n+]1ccccc1)C(F)(F)C(F)(F)C(F)(F)F. The molecule has 0 aromatic carbocycles. The monoisotopic (exact) mass is 291 g/mol. The van der Waals surface area contributed by atoms with E-state index in [-0.39, 0.29) is 0 Å². The molecule has 0 aliphatic carbocycles. The smallest absolute Gasteiger partial charge is 0.262 e. The minimum atomic E-state index is -6.55. The topological polar surface area (TPSA) is 33.0 Å². The quantitative estimate of drug-likeness (QED) is 0.669. The Kier molecular flexibility index (Phi) is 3.73. The van der Waals surface area contributed by atoms with Gasteiger partial charge in [-0.05, 0) is 0 Å². The normalized spacial score (nSPS) is 13.2.